The van der Waals surface area contributed by atoms with Crippen LogP contribution in [0, 0.1) is 5.92 Å². The number of nitrogens with zero attached hydrogens (tertiary/aromatic N) is 5. The van der Waals surface area contributed by atoms with Crippen LogP contribution in [0.1, 0.15) is 19.3 Å². The fourth-order valence-corrected chi connectivity index (χ4v) is 3.11. The van der Waals surface area contributed by atoms with Crippen LogP contribution in [-0.4, -0.2) is 59.5 Å². The summed E-state index contributed by atoms with van der Waals surface area (Å²) in [6, 6.07) is 1.79. The fourth-order valence-electron chi connectivity index (χ4n) is 3.11. The zero-order valence-corrected chi connectivity index (χ0v) is 15.8. The molecule has 0 aromatic carbocycles. The third kappa shape index (κ3) is 4.87. The van der Waals surface area contributed by atoms with Crippen molar-refractivity contribution in [2.24, 2.45) is 16.6 Å². The molecule has 9 heteroatoms. The second kappa shape index (κ2) is 8.21. The third-order valence-electron chi connectivity index (χ3n) is 4.46. The monoisotopic (exact) mass is 452 g/mol. The van der Waals surface area contributed by atoms with Crippen molar-refractivity contribution in [3.63, 3.8) is 0 Å². The van der Waals surface area contributed by atoms with Crippen molar-refractivity contribution in [2.45, 2.75) is 25.2 Å². The lowest BCUT2D eigenvalue weighted by Gasteiger charge is -2.35. The first-order valence-corrected chi connectivity index (χ1v) is 7.98. The predicted molar refractivity (Wildman–Crippen MR) is 100 cm³/mol. The molecule has 1 saturated heterocycles. The van der Waals surface area contributed by atoms with Gasteiger partial charge in [0.1, 0.15) is 0 Å². The number of anilines is 1. The normalized spacial score (nSPS) is 23.9. The quantitative estimate of drug-likeness (QED) is 0.432. The Morgan fingerprint density at radius 1 is 1.25 bits per heavy atom. The Labute approximate surface area is 157 Å². The van der Waals surface area contributed by atoms with Crippen molar-refractivity contribution < 1.29 is 8.78 Å². The van der Waals surface area contributed by atoms with E-state index in [-0.39, 0.29) is 42.7 Å². The molecule has 3 rings (SSSR count). The van der Waals surface area contributed by atoms with Gasteiger partial charge in [-0.05, 0) is 18.4 Å². The van der Waals surface area contributed by atoms with E-state index < -0.39 is 5.92 Å². The Hall–Kier alpha value is -1.26. The summed E-state index contributed by atoms with van der Waals surface area (Å²) in [6.07, 6.45) is 3.89. The molecule has 0 spiro atoms. The molecule has 1 aromatic heterocycles. The average Bonchev–Trinajstić information content (AvgIpc) is 2.93. The van der Waals surface area contributed by atoms with Crippen LogP contribution in [-0.2, 0) is 0 Å². The van der Waals surface area contributed by atoms with Crippen LogP contribution in [0.5, 0.6) is 0 Å². The molecular formula is C15H23F2IN6. The molecule has 1 unspecified atom stereocenters. The summed E-state index contributed by atoms with van der Waals surface area (Å²) in [5, 5.41) is 0. The molecule has 2 heterocycles. The molecule has 0 bridgehead atoms. The van der Waals surface area contributed by atoms with Crippen LogP contribution in [0.25, 0.3) is 0 Å². The lowest BCUT2D eigenvalue weighted by molar-refractivity contribution is 0.00541. The first-order valence-electron chi connectivity index (χ1n) is 7.98. The largest absolute Gasteiger partial charge is 0.370 e. The highest BCUT2D eigenvalue weighted by molar-refractivity contribution is 14.0. The van der Waals surface area contributed by atoms with E-state index in [4.69, 9.17) is 5.73 Å². The second-order valence-electron chi connectivity index (χ2n) is 6.19. The van der Waals surface area contributed by atoms with Crippen LogP contribution in [0.2, 0.25) is 0 Å². The molecule has 134 valence electrons. The van der Waals surface area contributed by atoms with Gasteiger partial charge < -0.3 is 15.5 Å². The second-order valence-corrected chi connectivity index (χ2v) is 6.19. The highest BCUT2D eigenvalue weighted by Gasteiger charge is 2.39. The number of halogens is 3. The van der Waals surface area contributed by atoms with Crippen LogP contribution < -0.4 is 10.6 Å². The number of rotatable bonds is 3. The minimum absolute atomic E-state index is 0. The summed E-state index contributed by atoms with van der Waals surface area (Å²) in [5.41, 5.74) is 6.02. The number of alkyl halides is 2. The van der Waals surface area contributed by atoms with Crippen molar-refractivity contribution in [3.8, 4) is 0 Å². The van der Waals surface area contributed by atoms with Crippen LogP contribution in [0.4, 0.5) is 14.7 Å². The molecule has 0 amide bonds. The summed E-state index contributed by atoms with van der Waals surface area (Å²) < 4.78 is 26.3. The van der Waals surface area contributed by atoms with Crippen molar-refractivity contribution in [3.05, 3.63) is 18.5 Å². The highest BCUT2D eigenvalue weighted by Crippen LogP contribution is 2.38. The molecule has 2 fully saturated rings. The number of piperazine rings is 1. The van der Waals surface area contributed by atoms with Gasteiger partial charge in [-0.25, -0.2) is 18.7 Å². The van der Waals surface area contributed by atoms with Crippen molar-refractivity contribution in [1.29, 1.82) is 0 Å². The van der Waals surface area contributed by atoms with Crippen molar-refractivity contribution >= 4 is 35.9 Å². The fraction of sp³-hybridized carbons (Fsp3) is 0.667. The Morgan fingerprint density at radius 2 is 1.92 bits per heavy atom. The standard InChI is InChI=1S/C15H22F2N6.HI/c16-15(17)3-2-12(10-15)11-21-13(18)22-6-8-23(9-7-22)14-19-4-1-5-20-14;/h1,4-5,12H,2-3,6-11H2,(H2,18,21);1H. The Kier molecular flexibility index (Phi) is 6.53. The number of aromatic nitrogens is 2. The van der Waals surface area contributed by atoms with E-state index in [9.17, 15) is 8.78 Å². The number of nitrogens with two attached hydrogens (primary N) is 1. The molecule has 1 atom stereocenters. The van der Waals surface area contributed by atoms with Crippen LogP contribution >= 0.6 is 24.0 Å². The topological polar surface area (TPSA) is 70.6 Å². The van der Waals surface area contributed by atoms with E-state index in [0.717, 1.165) is 32.1 Å². The van der Waals surface area contributed by atoms with Crippen LogP contribution in [0.3, 0.4) is 0 Å². The maximum Gasteiger partial charge on any atom is 0.248 e. The van der Waals surface area contributed by atoms with E-state index in [0.29, 0.717) is 18.9 Å². The van der Waals surface area contributed by atoms with Crippen molar-refractivity contribution in [2.75, 3.05) is 37.6 Å². The molecular weight excluding hydrogens is 429 g/mol. The van der Waals surface area contributed by atoms with Gasteiger partial charge in [-0.3, -0.25) is 4.99 Å². The van der Waals surface area contributed by atoms with E-state index in [1.165, 1.54) is 0 Å². The van der Waals surface area contributed by atoms with Gasteiger partial charge in [-0.15, -0.1) is 24.0 Å². The molecule has 1 aliphatic carbocycles. The Morgan fingerprint density at radius 3 is 2.50 bits per heavy atom. The van der Waals surface area contributed by atoms with E-state index in [1.807, 2.05) is 4.90 Å². The lowest BCUT2D eigenvalue weighted by Crippen LogP contribution is -2.51. The van der Waals surface area contributed by atoms with Gasteiger partial charge in [0.25, 0.3) is 0 Å². The number of guanidine groups is 1. The maximum atomic E-state index is 13.2. The Bertz CT molecular complexity index is 548. The van der Waals surface area contributed by atoms with Gasteiger partial charge >= 0.3 is 0 Å². The highest BCUT2D eigenvalue weighted by atomic mass is 127. The molecule has 2 N–H and O–H groups in total. The first kappa shape index (κ1) is 19.1. The lowest BCUT2D eigenvalue weighted by atomic mass is 10.1. The number of hydrogen-bond donors (Lipinski definition) is 1. The maximum absolute atomic E-state index is 13.2. The summed E-state index contributed by atoms with van der Waals surface area (Å²) in [7, 11) is 0. The Balaban J connectivity index is 0.00000208. The zero-order valence-electron chi connectivity index (χ0n) is 13.4. The molecule has 0 radical (unpaired) electrons. The van der Waals surface area contributed by atoms with Gasteiger partial charge in [0.15, 0.2) is 5.96 Å². The van der Waals surface area contributed by atoms with Gasteiger partial charge in [0.05, 0.1) is 0 Å². The van der Waals surface area contributed by atoms with E-state index >= 15 is 0 Å². The average molecular weight is 452 g/mol. The first-order chi connectivity index (χ1) is 11.0. The van der Waals surface area contributed by atoms with E-state index in [2.05, 4.69) is 19.9 Å². The number of aliphatic imine (C=N–C) groups is 1. The number of hydrogen-bond acceptors (Lipinski definition) is 4. The van der Waals surface area contributed by atoms with Crippen LogP contribution in [0.15, 0.2) is 23.5 Å². The summed E-state index contributed by atoms with van der Waals surface area (Å²) in [6.45, 7) is 3.38. The molecule has 2 aliphatic rings. The van der Waals surface area contributed by atoms with E-state index in [1.54, 1.807) is 18.5 Å². The minimum atomic E-state index is -2.52. The molecule has 1 aliphatic heterocycles. The third-order valence-corrected chi connectivity index (χ3v) is 4.46. The summed E-state index contributed by atoms with van der Waals surface area (Å²) in [4.78, 5) is 16.9. The van der Waals surface area contributed by atoms with Gasteiger partial charge in [-0.2, -0.15) is 0 Å². The molecule has 24 heavy (non-hydrogen) atoms. The molecule has 6 nitrogen and oxygen atoms in total. The minimum Gasteiger partial charge on any atom is -0.370 e. The SMILES string of the molecule is I.NC(=NCC1CCC(F)(F)C1)N1CCN(c2ncccn2)CC1. The van der Waals surface area contributed by atoms with Gasteiger partial charge in [-0.1, -0.05) is 0 Å². The summed E-state index contributed by atoms with van der Waals surface area (Å²) >= 11 is 0. The van der Waals surface area contributed by atoms with Gasteiger partial charge in [0.2, 0.25) is 11.9 Å². The van der Waals surface area contributed by atoms with Gasteiger partial charge in [0, 0.05) is 58.0 Å². The molecule has 1 aromatic rings. The molecule has 1 saturated carbocycles. The smallest absolute Gasteiger partial charge is 0.248 e. The zero-order chi connectivity index (χ0) is 16.3. The van der Waals surface area contributed by atoms with Crippen molar-refractivity contribution in [1.82, 2.24) is 14.9 Å². The summed E-state index contributed by atoms with van der Waals surface area (Å²) in [5.74, 6) is -1.40. The predicted octanol–water partition coefficient (Wildman–Crippen LogP) is 1.97.